The van der Waals surface area contributed by atoms with Crippen LogP contribution < -0.4 is 10.4 Å². The molecule has 1 aromatic heterocycles. The first kappa shape index (κ1) is 31.1. The third kappa shape index (κ3) is 5.58. The van der Waals surface area contributed by atoms with Crippen molar-refractivity contribution >= 4 is 52.5 Å². The average molecular weight is 629 g/mol. The molecule has 1 aliphatic carbocycles. The van der Waals surface area contributed by atoms with Crippen LogP contribution in [0.15, 0.2) is 96.2 Å². The number of hydrogen-bond acceptors (Lipinski definition) is 7. The second-order valence-electron chi connectivity index (χ2n) is 13.0. The SMILES string of the molecule is CC(C)C1=C2[C@@H](CC/C(=C/c3ccc(O)c4ccccc34)c3ccccn3)OC[C@@H]2[C@@H]2C(=O)N(c3cccc(B(O)O)c3)C(=O)[C@@H]2C1. The van der Waals surface area contributed by atoms with E-state index in [-0.39, 0.29) is 41.0 Å². The highest BCUT2D eigenvalue weighted by Crippen LogP contribution is 2.52. The van der Waals surface area contributed by atoms with Gasteiger partial charge in [-0.05, 0) is 89.1 Å². The molecule has 0 bridgehead atoms. The first-order valence-electron chi connectivity index (χ1n) is 16.2. The maximum absolute atomic E-state index is 14.0. The molecule has 9 heteroatoms. The number of fused-ring (bicyclic) bond motifs is 4. The Balaban J connectivity index is 1.20. The molecule has 3 heterocycles. The van der Waals surface area contributed by atoms with E-state index in [9.17, 15) is 24.7 Å². The molecule has 2 amide bonds. The molecule has 2 fully saturated rings. The number of phenols is 1. The van der Waals surface area contributed by atoms with Crippen molar-refractivity contribution in [2.45, 2.75) is 39.2 Å². The van der Waals surface area contributed by atoms with Crippen molar-refractivity contribution in [3.8, 4) is 5.75 Å². The zero-order chi connectivity index (χ0) is 32.8. The summed E-state index contributed by atoms with van der Waals surface area (Å²) in [7, 11) is -1.70. The fourth-order valence-electron chi connectivity index (χ4n) is 7.77. The molecule has 3 aromatic carbocycles. The summed E-state index contributed by atoms with van der Waals surface area (Å²) in [6.07, 6.45) is 5.57. The summed E-state index contributed by atoms with van der Waals surface area (Å²) in [6, 6.07) is 23.6. The highest BCUT2D eigenvalue weighted by atomic mass is 16.5. The Morgan fingerprint density at radius 3 is 2.51 bits per heavy atom. The molecule has 0 saturated carbocycles. The van der Waals surface area contributed by atoms with Crippen LogP contribution in [-0.2, 0) is 14.3 Å². The Morgan fingerprint density at radius 2 is 1.77 bits per heavy atom. The summed E-state index contributed by atoms with van der Waals surface area (Å²) in [5, 5.41) is 31.6. The molecule has 7 rings (SSSR count). The van der Waals surface area contributed by atoms with Crippen molar-refractivity contribution in [3.63, 3.8) is 0 Å². The molecule has 4 aromatic rings. The number of carbonyl (C=O) groups excluding carboxylic acids is 2. The lowest BCUT2D eigenvalue weighted by molar-refractivity contribution is -0.122. The largest absolute Gasteiger partial charge is 0.507 e. The molecule has 2 aliphatic heterocycles. The van der Waals surface area contributed by atoms with Crippen molar-refractivity contribution in [2.24, 2.45) is 23.7 Å². The number of carbonyl (C=O) groups is 2. The number of rotatable bonds is 8. The van der Waals surface area contributed by atoms with Crippen LogP contribution in [0.2, 0.25) is 0 Å². The van der Waals surface area contributed by atoms with E-state index in [1.165, 1.54) is 16.5 Å². The predicted octanol–water partition coefficient (Wildman–Crippen LogP) is 5.12. The van der Waals surface area contributed by atoms with E-state index >= 15 is 0 Å². The van der Waals surface area contributed by atoms with Crippen molar-refractivity contribution in [1.29, 1.82) is 0 Å². The molecule has 3 aliphatic rings. The minimum absolute atomic E-state index is 0.177. The molecule has 0 radical (unpaired) electrons. The number of anilines is 1. The van der Waals surface area contributed by atoms with Gasteiger partial charge in [0.25, 0.3) is 0 Å². The first-order valence-corrected chi connectivity index (χ1v) is 16.2. The Kier molecular flexibility index (Phi) is 8.30. The standard InChI is InChI=1S/C38H37BN2O6/c1-22(2)29-20-30-36(38(44)41(37(30)43)26-9-7-8-25(19-26)39(45)46)31-21-47-34(35(29)31)16-14-24(32-12-5-6-17-40-32)18-23-13-15-33(42)28-11-4-3-10-27(23)28/h3-13,15,17-19,22,30-31,34,36,42,45-46H,14,16,20-21H2,1-2H3/b24-18-/t30-,31+,34-,36-/m1/s1. The number of amides is 2. The van der Waals surface area contributed by atoms with E-state index < -0.39 is 19.0 Å². The van der Waals surface area contributed by atoms with Gasteiger partial charge in [-0.2, -0.15) is 0 Å². The number of aromatic hydroxyl groups is 1. The Morgan fingerprint density at radius 1 is 0.979 bits per heavy atom. The van der Waals surface area contributed by atoms with E-state index in [1.807, 2.05) is 48.5 Å². The van der Waals surface area contributed by atoms with Gasteiger partial charge < -0.3 is 19.9 Å². The summed E-state index contributed by atoms with van der Waals surface area (Å²) in [5.74, 6) is -1.29. The number of allylic oxidation sites excluding steroid dienone is 2. The zero-order valence-electron chi connectivity index (χ0n) is 26.4. The van der Waals surface area contributed by atoms with Crippen LogP contribution in [0.25, 0.3) is 22.4 Å². The zero-order valence-corrected chi connectivity index (χ0v) is 26.4. The maximum atomic E-state index is 14.0. The van der Waals surface area contributed by atoms with Gasteiger partial charge in [-0.15, -0.1) is 0 Å². The normalized spacial score (nSPS) is 22.7. The van der Waals surface area contributed by atoms with Crippen LogP contribution in [-0.4, -0.2) is 51.8 Å². The highest BCUT2D eigenvalue weighted by Gasteiger charge is 2.57. The minimum atomic E-state index is -1.70. The van der Waals surface area contributed by atoms with Crippen molar-refractivity contribution in [3.05, 3.63) is 107 Å². The molecule has 47 heavy (non-hydrogen) atoms. The molecule has 238 valence electrons. The minimum Gasteiger partial charge on any atom is -0.507 e. The number of benzene rings is 3. The quantitative estimate of drug-likeness (QED) is 0.141. The smallest absolute Gasteiger partial charge is 0.488 e. The maximum Gasteiger partial charge on any atom is 0.488 e. The van der Waals surface area contributed by atoms with Gasteiger partial charge in [-0.1, -0.05) is 68.0 Å². The molecule has 4 atom stereocenters. The van der Waals surface area contributed by atoms with E-state index in [2.05, 4.69) is 24.9 Å². The van der Waals surface area contributed by atoms with E-state index in [4.69, 9.17) is 4.74 Å². The number of nitrogens with zero attached hydrogens (tertiary/aromatic N) is 2. The molecular formula is C38H37BN2O6. The second kappa shape index (κ2) is 12.6. The van der Waals surface area contributed by atoms with Crippen molar-refractivity contribution in [1.82, 2.24) is 4.98 Å². The van der Waals surface area contributed by atoms with Crippen LogP contribution in [0.3, 0.4) is 0 Å². The lowest BCUT2D eigenvalue weighted by atomic mass is 9.67. The molecule has 8 nitrogen and oxygen atoms in total. The Bertz CT molecular complexity index is 1920. The molecule has 2 saturated heterocycles. The number of pyridine rings is 1. The summed E-state index contributed by atoms with van der Waals surface area (Å²) in [4.78, 5) is 33.7. The third-order valence-electron chi connectivity index (χ3n) is 10.0. The van der Waals surface area contributed by atoms with Crippen molar-refractivity contribution < 1.29 is 29.5 Å². The van der Waals surface area contributed by atoms with E-state index in [0.29, 0.717) is 31.6 Å². The highest BCUT2D eigenvalue weighted by molar-refractivity contribution is 6.58. The van der Waals surface area contributed by atoms with Gasteiger partial charge in [0, 0.05) is 17.5 Å². The van der Waals surface area contributed by atoms with E-state index in [0.717, 1.165) is 33.2 Å². The van der Waals surface area contributed by atoms with Gasteiger partial charge >= 0.3 is 7.12 Å². The number of aromatic nitrogens is 1. The molecule has 0 unspecified atom stereocenters. The van der Waals surface area contributed by atoms with Gasteiger partial charge in [-0.3, -0.25) is 19.5 Å². The number of imide groups is 1. The van der Waals surface area contributed by atoms with Crippen LogP contribution in [0.1, 0.15) is 44.4 Å². The van der Waals surface area contributed by atoms with Crippen LogP contribution >= 0.6 is 0 Å². The summed E-state index contributed by atoms with van der Waals surface area (Å²) < 4.78 is 6.50. The fourth-order valence-corrected chi connectivity index (χ4v) is 7.77. The summed E-state index contributed by atoms with van der Waals surface area (Å²) in [6.45, 7) is 4.63. The number of ether oxygens (including phenoxy) is 1. The molecular weight excluding hydrogens is 591 g/mol. The van der Waals surface area contributed by atoms with Gasteiger partial charge in [0.05, 0.1) is 35.9 Å². The van der Waals surface area contributed by atoms with Crippen LogP contribution in [0, 0.1) is 23.7 Å². The first-order chi connectivity index (χ1) is 22.7. The predicted molar refractivity (Wildman–Crippen MR) is 182 cm³/mol. The summed E-state index contributed by atoms with van der Waals surface area (Å²) >= 11 is 0. The second-order valence-corrected chi connectivity index (χ2v) is 13.0. The fraction of sp³-hybridized carbons (Fsp3) is 0.289. The lowest BCUT2D eigenvalue weighted by Crippen LogP contribution is -2.36. The van der Waals surface area contributed by atoms with Gasteiger partial charge in [0.2, 0.25) is 11.8 Å². The van der Waals surface area contributed by atoms with Gasteiger partial charge in [-0.25, -0.2) is 0 Å². The molecule has 0 spiro atoms. The van der Waals surface area contributed by atoms with Gasteiger partial charge in [0.1, 0.15) is 5.75 Å². The topological polar surface area (TPSA) is 120 Å². The van der Waals surface area contributed by atoms with Crippen LogP contribution in [0.5, 0.6) is 5.75 Å². The third-order valence-corrected chi connectivity index (χ3v) is 10.0. The number of phenolic OH excluding ortho intramolecular Hbond substituents is 1. The Labute approximate surface area is 274 Å². The average Bonchev–Trinajstić information content (AvgIpc) is 3.61. The van der Waals surface area contributed by atoms with Gasteiger partial charge in [0.15, 0.2) is 0 Å². The monoisotopic (exact) mass is 628 g/mol. The van der Waals surface area contributed by atoms with Crippen molar-refractivity contribution in [2.75, 3.05) is 11.5 Å². The lowest BCUT2D eigenvalue weighted by Gasteiger charge is -2.33. The Hall–Kier alpha value is -4.57. The van der Waals surface area contributed by atoms with Crippen LogP contribution in [0.4, 0.5) is 5.69 Å². The van der Waals surface area contributed by atoms with E-state index in [1.54, 1.807) is 30.5 Å². The summed E-state index contributed by atoms with van der Waals surface area (Å²) in [5.41, 5.74) is 5.81. The number of hydrogen-bond donors (Lipinski definition) is 3. The molecule has 3 N–H and O–H groups in total.